The lowest BCUT2D eigenvalue weighted by Gasteiger charge is -2.06. The van der Waals surface area contributed by atoms with Crippen LogP contribution in [0.25, 0.3) is 5.95 Å². The highest BCUT2D eigenvalue weighted by atomic mass is 16.5. The van der Waals surface area contributed by atoms with Gasteiger partial charge in [-0.3, -0.25) is 9.78 Å². The van der Waals surface area contributed by atoms with Gasteiger partial charge in [0.2, 0.25) is 5.95 Å². The highest BCUT2D eigenvalue weighted by Gasteiger charge is 2.18. The van der Waals surface area contributed by atoms with Gasteiger partial charge < -0.3 is 10.5 Å². The molecule has 0 amide bonds. The first-order valence-electron chi connectivity index (χ1n) is 6.04. The number of esters is 1. The van der Waals surface area contributed by atoms with Crippen molar-refractivity contribution in [1.29, 1.82) is 0 Å². The fourth-order valence-electron chi connectivity index (χ4n) is 1.62. The van der Waals surface area contributed by atoms with Gasteiger partial charge in [-0.2, -0.15) is 9.78 Å². The number of carbonyl (C=O) groups excluding carboxylic acids is 1. The number of H-pyrrole nitrogens is 1. The fourth-order valence-corrected chi connectivity index (χ4v) is 1.62. The molecule has 8 heteroatoms. The highest BCUT2D eigenvalue weighted by Crippen LogP contribution is 2.15. The largest absolute Gasteiger partial charge is 0.462 e. The molecule has 0 aliphatic heterocycles. The van der Waals surface area contributed by atoms with Crippen molar-refractivity contribution in [2.45, 2.75) is 20.8 Å². The number of ether oxygens (including phenoxy) is 1. The lowest BCUT2D eigenvalue weighted by atomic mass is 10.3. The Morgan fingerprint density at radius 2 is 2.20 bits per heavy atom. The molecule has 2 heterocycles. The van der Waals surface area contributed by atoms with Crippen LogP contribution in [0.1, 0.15) is 28.5 Å². The molecule has 0 aromatic carbocycles. The maximum atomic E-state index is 11.7. The zero-order valence-corrected chi connectivity index (χ0v) is 11.4. The SMILES string of the molecule is CCOC(=O)c1cnn(-c2nc(C)c(C)c(=O)[nH]2)c1N. The summed E-state index contributed by atoms with van der Waals surface area (Å²) in [7, 11) is 0. The number of rotatable bonds is 3. The van der Waals surface area contributed by atoms with Gasteiger partial charge in [0, 0.05) is 11.3 Å². The van der Waals surface area contributed by atoms with Crippen LogP contribution in [-0.4, -0.2) is 32.3 Å². The van der Waals surface area contributed by atoms with Crippen molar-refractivity contribution < 1.29 is 9.53 Å². The number of aromatic nitrogens is 4. The molecule has 0 aliphatic carbocycles. The molecule has 0 fully saturated rings. The Balaban J connectivity index is 2.50. The highest BCUT2D eigenvalue weighted by molar-refractivity contribution is 5.94. The molecular formula is C12H15N5O3. The predicted molar refractivity (Wildman–Crippen MR) is 71.8 cm³/mol. The molecule has 2 aromatic heterocycles. The monoisotopic (exact) mass is 277 g/mol. The summed E-state index contributed by atoms with van der Waals surface area (Å²) >= 11 is 0. The summed E-state index contributed by atoms with van der Waals surface area (Å²) in [6, 6.07) is 0. The summed E-state index contributed by atoms with van der Waals surface area (Å²) < 4.78 is 6.05. The van der Waals surface area contributed by atoms with Gasteiger partial charge in [0.15, 0.2) is 0 Å². The number of aromatic amines is 1. The van der Waals surface area contributed by atoms with E-state index in [1.165, 1.54) is 10.9 Å². The molecule has 0 bridgehead atoms. The van der Waals surface area contributed by atoms with Crippen LogP contribution in [0.3, 0.4) is 0 Å². The number of hydrogen-bond acceptors (Lipinski definition) is 6. The first-order chi connectivity index (χ1) is 9.45. The van der Waals surface area contributed by atoms with E-state index in [4.69, 9.17) is 10.5 Å². The number of nitrogens with two attached hydrogens (primary N) is 1. The number of nitrogens with one attached hydrogen (secondary N) is 1. The van der Waals surface area contributed by atoms with Gasteiger partial charge >= 0.3 is 5.97 Å². The summed E-state index contributed by atoms with van der Waals surface area (Å²) in [4.78, 5) is 30.1. The summed E-state index contributed by atoms with van der Waals surface area (Å²) in [5, 5.41) is 3.96. The molecule has 3 N–H and O–H groups in total. The minimum absolute atomic E-state index is 0.0647. The van der Waals surface area contributed by atoms with E-state index in [0.29, 0.717) is 11.3 Å². The van der Waals surface area contributed by atoms with E-state index in [9.17, 15) is 9.59 Å². The van der Waals surface area contributed by atoms with Crippen molar-refractivity contribution in [1.82, 2.24) is 19.7 Å². The third-order valence-electron chi connectivity index (χ3n) is 2.88. The topological polar surface area (TPSA) is 116 Å². The van der Waals surface area contributed by atoms with Crippen LogP contribution in [0.5, 0.6) is 0 Å². The smallest absolute Gasteiger partial charge is 0.343 e. The van der Waals surface area contributed by atoms with Gasteiger partial charge in [-0.1, -0.05) is 0 Å². The van der Waals surface area contributed by atoms with Gasteiger partial charge in [-0.25, -0.2) is 9.78 Å². The Morgan fingerprint density at radius 3 is 2.80 bits per heavy atom. The number of nitrogen functional groups attached to an aromatic ring is 1. The molecule has 0 aliphatic rings. The summed E-state index contributed by atoms with van der Waals surface area (Å²) in [6.45, 7) is 5.31. The lowest BCUT2D eigenvalue weighted by Crippen LogP contribution is -2.19. The Morgan fingerprint density at radius 1 is 1.50 bits per heavy atom. The summed E-state index contributed by atoms with van der Waals surface area (Å²) in [5.74, 6) is -0.344. The Hall–Kier alpha value is -2.64. The summed E-state index contributed by atoms with van der Waals surface area (Å²) in [6.07, 6.45) is 1.28. The molecule has 0 spiro atoms. The quantitative estimate of drug-likeness (QED) is 0.781. The van der Waals surface area contributed by atoms with Crippen molar-refractivity contribution in [2.75, 3.05) is 12.3 Å². The van der Waals surface area contributed by atoms with Crippen molar-refractivity contribution in [3.05, 3.63) is 33.4 Å². The molecule has 8 nitrogen and oxygen atoms in total. The van der Waals surface area contributed by atoms with Crippen LogP contribution in [0.4, 0.5) is 5.82 Å². The van der Waals surface area contributed by atoms with Crippen LogP contribution in [-0.2, 0) is 4.74 Å². The molecule has 0 atom stereocenters. The van der Waals surface area contributed by atoms with E-state index >= 15 is 0 Å². The molecule has 0 radical (unpaired) electrons. The second-order valence-electron chi connectivity index (χ2n) is 4.18. The zero-order chi connectivity index (χ0) is 14.9. The van der Waals surface area contributed by atoms with Crippen LogP contribution >= 0.6 is 0 Å². The third kappa shape index (κ3) is 2.27. The Bertz CT molecular complexity index is 716. The van der Waals surface area contributed by atoms with Gasteiger partial charge in [0.1, 0.15) is 11.4 Å². The van der Waals surface area contributed by atoms with E-state index < -0.39 is 5.97 Å². The third-order valence-corrected chi connectivity index (χ3v) is 2.88. The Labute approximate surface area is 114 Å². The fraction of sp³-hybridized carbons (Fsp3) is 0.333. The van der Waals surface area contributed by atoms with Gasteiger partial charge in [0.25, 0.3) is 5.56 Å². The Kier molecular flexibility index (Phi) is 3.55. The summed E-state index contributed by atoms with van der Waals surface area (Å²) in [5.41, 5.74) is 6.78. The molecular weight excluding hydrogens is 262 g/mol. The average Bonchev–Trinajstić information content (AvgIpc) is 2.77. The first-order valence-corrected chi connectivity index (χ1v) is 6.04. The molecule has 2 rings (SSSR count). The second kappa shape index (κ2) is 5.16. The van der Waals surface area contributed by atoms with Gasteiger partial charge in [0.05, 0.1) is 12.8 Å². The van der Waals surface area contributed by atoms with E-state index in [1.54, 1.807) is 20.8 Å². The van der Waals surface area contributed by atoms with Crippen LogP contribution in [0.2, 0.25) is 0 Å². The minimum atomic E-state index is -0.567. The number of nitrogens with zero attached hydrogens (tertiary/aromatic N) is 3. The van der Waals surface area contributed by atoms with Crippen LogP contribution in [0.15, 0.2) is 11.0 Å². The molecule has 0 saturated carbocycles. The number of anilines is 1. The van der Waals surface area contributed by atoms with Crippen LogP contribution in [0, 0.1) is 13.8 Å². The first kappa shape index (κ1) is 13.8. The van der Waals surface area contributed by atoms with E-state index in [-0.39, 0.29) is 29.5 Å². The minimum Gasteiger partial charge on any atom is -0.462 e. The predicted octanol–water partition coefficient (Wildman–Crippen LogP) is 0.331. The van der Waals surface area contributed by atoms with E-state index in [0.717, 1.165) is 0 Å². The molecule has 106 valence electrons. The maximum Gasteiger partial charge on any atom is 0.343 e. The van der Waals surface area contributed by atoms with Crippen molar-refractivity contribution in [2.24, 2.45) is 0 Å². The zero-order valence-electron chi connectivity index (χ0n) is 11.4. The number of aryl methyl sites for hydroxylation is 1. The van der Waals surface area contributed by atoms with Crippen LogP contribution < -0.4 is 11.3 Å². The number of carbonyl (C=O) groups is 1. The standard InChI is InChI=1S/C12H15N5O3/c1-4-20-11(19)8-5-14-17(9(8)13)12-15-7(3)6(2)10(18)16-12/h5H,4,13H2,1-3H3,(H,15,16,18). The molecule has 0 unspecified atom stereocenters. The van der Waals surface area contributed by atoms with Crippen molar-refractivity contribution >= 4 is 11.8 Å². The van der Waals surface area contributed by atoms with Crippen molar-refractivity contribution in [3.63, 3.8) is 0 Å². The van der Waals surface area contributed by atoms with Crippen molar-refractivity contribution in [3.8, 4) is 5.95 Å². The molecule has 2 aromatic rings. The molecule has 0 saturated heterocycles. The normalized spacial score (nSPS) is 10.6. The second-order valence-corrected chi connectivity index (χ2v) is 4.18. The maximum absolute atomic E-state index is 11.7. The van der Waals surface area contributed by atoms with E-state index in [2.05, 4.69) is 15.1 Å². The van der Waals surface area contributed by atoms with Gasteiger partial charge in [-0.05, 0) is 20.8 Å². The average molecular weight is 277 g/mol. The van der Waals surface area contributed by atoms with Gasteiger partial charge in [-0.15, -0.1) is 0 Å². The lowest BCUT2D eigenvalue weighted by molar-refractivity contribution is 0.0527. The molecule has 20 heavy (non-hydrogen) atoms. The number of hydrogen-bond donors (Lipinski definition) is 2. The van der Waals surface area contributed by atoms with E-state index in [1.807, 2.05) is 0 Å².